The van der Waals surface area contributed by atoms with E-state index in [2.05, 4.69) is 25.7 Å². The minimum atomic E-state index is -0.0787. The Hall–Kier alpha value is -0.0900. The number of hydrogen-bond donors (Lipinski definition) is 1. The van der Waals surface area contributed by atoms with Crippen LogP contribution in [0.25, 0.3) is 0 Å². The minimum absolute atomic E-state index is 0.0787. The zero-order valence-electron chi connectivity index (χ0n) is 11.0. The second kappa shape index (κ2) is 12.4. The summed E-state index contributed by atoms with van der Waals surface area (Å²) in [6.45, 7) is 8.67. The van der Waals surface area contributed by atoms with Gasteiger partial charge in [-0.05, 0) is 18.4 Å². The first-order valence-corrected chi connectivity index (χ1v) is 8.88. The van der Waals surface area contributed by atoms with Gasteiger partial charge in [-0.3, -0.25) is 4.79 Å². The van der Waals surface area contributed by atoms with Crippen LogP contribution in [0.1, 0.15) is 39.5 Å². The van der Waals surface area contributed by atoms with Crippen LogP contribution in [0.15, 0.2) is 12.7 Å². The van der Waals surface area contributed by atoms with Crippen LogP contribution in [0, 0.1) is 5.92 Å². The molecule has 0 rings (SSSR count). The fourth-order valence-corrected chi connectivity index (χ4v) is 3.85. The molecule has 0 aliphatic carbocycles. The predicted octanol–water partition coefficient (Wildman–Crippen LogP) is 3.89. The molecular formula is C13H25NOS2. The molecule has 0 aromatic carbocycles. The zero-order valence-corrected chi connectivity index (χ0v) is 12.7. The molecular weight excluding hydrogens is 250 g/mol. The third-order valence-electron chi connectivity index (χ3n) is 2.60. The summed E-state index contributed by atoms with van der Waals surface area (Å²) in [5.74, 6) is 2.98. The van der Waals surface area contributed by atoms with Crippen molar-refractivity contribution in [3.63, 3.8) is 0 Å². The standard InChI is InChI=1S/C13H25NOS2/c1-4-7-8-12(5-2)11-17-16-10-9-14-13(15)6-3/h6,12H,3-5,7-11H2,1-2H3,(H,14,15). The Kier molecular flexibility index (Phi) is 12.3. The molecule has 0 aromatic heterocycles. The number of hydrogen-bond acceptors (Lipinski definition) is 3. The van der Waals surface area contributed by atoms with Gasteiger partial charge < -0.3 is 5.32 Å². The van der Waals surface area contributed by atoms with E-state index in [9.17, 15) is 4.79 Å². The van der Waals surface area contributed by atoms with Crippen molar-refractivity contribution < 1.29 is 4.79 Å². The lowest BCUT2D eigenvalue weighted by Gasteiger charge is -2.13. The molecule has 1 unspecified atom stereocenters. The van der Waals surface area contributed by atoms with Gasteiger partial charge in [-0.25, -0.2) is 0 Å². The van der Waals surface area contributed by atoms with Gasteiger partial charge in [0.25, 0.3) is 0 Å². The summed E-state index contributed by atoms with van der Waals surface area (Å²) in [7, 11) is 3.79. The molecule has 0 heterocycles. The van der Waals surface area contributed by atoms with E-state index in [0.29, 0.717) is 0 Å². The van der Waals surface area contributed by atoms with Crippen LogP contribution in [0.3, 0.4) is 0 Å². The lowest BCUT2D eigenvalue weighted by molar-refractivity contribution is -0.116. The molecule has 0 saturated carbocycles. The number of unbranched alkanes of at least 4 members (excludes halogenated alkanes) is 1. The van der Waals surface area contributed by atoms with Gasteiger partial charge in [-0.1, -0.05) is 61.3 Å². The van der Waals surface area contributed by atoms with Gasteiger partial charge in [0.2, 0.25) is 5.91 Å². The summed E-state index contributed by atoms with van der Waals surface area (Å²) in [5, 5.41) is 2.78. The molecule has 0 radical (unpaired) electrons. The van der Waals surface area contributed by atoms with Crippen molar-refractivity contribution >= 4 is 27.5 Å². The fourth-order valence-electron chi connectivity index (χ4n) is 1.39. The third kappa shape index (κ3) is 10.8. The summed E-state index contributed by atoms with van der Waals surface area (Å²) in [6.07, 6.45) is 6.59. The van der Waals surface area contributed by atoms with E-state index in [1.165, 1.54) is 37.5 Å². The number of rotatable bonds is 11. The van der Waals surface area contributed by atoms with Gasteiger partial charge >= 0.3 is 0 Å². The summed E-state index contributed by atoms with van der Waals surface area (Å²) < 4.78 is 0. The molecule has 0 aliphatic rings. The van der Waals surface area contributed by atoms with Crippen molar-refractivity contribution in [2.45, 2.75) is 39.5 Å². The largest absolute Gasteiger partial charge is 0.352 e. The Morgan fingerprint density at radius 3 is 2.76 bits per heavy atom. The third-order valence-corrected chi connectivity index (χ3v) is 5.15. The maximum Gasteiger partial charge on any atom is 0.243 e. The van der Waals surface area contributed by atoms with E-state index < -0.39 is 0 Å². The summed E-state index contributed by atoms with van der Waals surface area (Å²) >= 11 is 0. The van der Waals surface area contributed by atoms with E-state index in [-0.39, 0.29) is 5.91 Å². The molecule has 2 nitrogen and oxygen atoms in total. The Labute approximate surface area is 114 Å². The van der Waals surface area contributed by atoms with Crippen molar-refractivity contribution in [3.8, 4) is 0 Å². The Morgan fingerprint density at radius 1 is 1.41 bits per heavy atom. The van der Waals surface area contributed by atoms with Crippen molar-refractivity contribution in [3.05, 3.63) is 12.7 Å². The van der Waals surface area contributed by atoms with Crippen LogP contribution < -0.4 is 5.32 Å². The van der Waals surface area contributed by atoms with E-state index in [1.54, 1.807) is 0 Å². The molecule has 0 fully saturated rings. The monoisotopic (exact) mass is 275 g/mol. The molecule has 0 bridgehead atoms. The quantitative estimate of drug-likeness (QED) is 0.352. The van der Waals surface area contributed by atoms with Gasteiger partial charge in [0.1, 0.15) is 0 Å². The molecule has 0 saturated heterocycles. The number of carbonyl (C=O) groups excluding carboxylic acids is 1. The topological polar surface area (TPSA) is 29.1 Å². The van der Waals surface area contributed by atoms with Crippen LogP contribution in [0.4, 0.5) is 0 Å². The van der Waals surface area contributed by atoms with Gasteiger partial charge in [-0.2, -0.15) is 0 Å². The zero-order chi connectivity index (χ0) is 12.9. The minimum Gasteiger partial charge on any atom is -0.352 e. The van der Waals surface area contributed by atoms with Crippen LogP contribution >= 0.6 is 21.6 Å². The normalized spacial score (nSPS) is 12.1. The highest BCUT2D eigenvalue weighted by atomic mass is 33.1. The van der Waals surface area contributed by atoms with E-state index in [0.717, 1.165) is 18.2 Å². The van der Waals surface area contributed by atoms with Gasteiger partial charge in [0.05, 0.1) is 0 Å². The van der Waals surface area contributed by atoms with Gasteiger partial charge in [0, 0.05) is 18.1 Å². The summed E-state index contributed by atoms with van der Waals surface area (Å²) in [6, 6.07) is 0. The van der Waals surface area contributed by atoms with Gasteiger partial charge in [-0.15, -0.1) is 0 Å². The van der Waals surface area contributed by atoms with Crippen LogP contribution in [0.5, 0.6) is 0 Å². The molecule has 17 heavy (non-hydrogen) atoms. The van der Waals surface area contributed by atoms with Gasteiger partial charge in [0.15, 0.2) is 0 Å². The van der Waals surface area contributed by atoms with Crippen LogP contribution in [-0.2, 0) is 4.79 Å². The fraction of sp³-hybridized carbons (Fsp3) is 0.769. The highest BCUT2D eigenvalue weighted by molar-refractivity contribution is 8.76. The van der Waals surface area contributed by atoms with Crippen LogP contribution in [0.2, 0.25) is 0 Å². The SMILES string of the molecule is C=CC(=O)NCCSSCC(CC)CCCC. The lowest BCUT2D eigenvalue weighted by Crippen LogP contribution is -2.23. The predicted molar refractivity (Wildman–Crippen MR) is 81.4 cm³/mol. The lowest BCUT2D eigenvalue weighted by atomic mass is 10.0. The summed E-state index contributed by atoms with van der Waals surface area (Å²) in [5.41, 5.74) is 0. The van der Waals surface area contributed by atoms with Crippen molar-refractivity contribution in [2.75, 3.05) is 18.1 Å². The van der Waals surface area contributed by atoms with E-state index in [1.807, 2.05) is 21.6 Å². The van der Waals surface area contributed by atoms with Crippen molar-refractivity contribution in [2.24, 2.45) is 5.92 Å². The maximum absolute atomic E-state index is 10.9. The molecule has 0 spiro atoms. The summed E-state index contributed by atoms with van der Waals surface area (Å²) in [4.78, 5) is 10.9. The number of amides is 1. The first-order valence-electron chi connectivity index (χ1n) is 6.39. The molecule has 1 amide bonds. The van der Waals surface area contributed by atoms with Crippen molar-refractivity contribution in [1.82, 2.24) is 5.32 Å². The van der Waals surface area contributed by atoms with E-state index in [4.69, 9.17) is 0 Å². The smallest absolute Gasteiger partial charge is 0.243 e. The molecule has 0 aliphatic heterocycles. The first kappa shape index (κ1) is 16.9. The second-order valence-electron chi connectivity index (χ2n) is 4.02. The molecule has 0 aromatic rings. The first-order chi connectivity index (χ1) is 8.24. The Morgan fingerprint density at radius 2 is 2.18 bits per heavy atom. The molecule has 1 atom stereocenters. The van der Waals surface area contributed by atoms with Crippen molar-refractivity contribution in [1.29, 1.82) is 0 Å². The average molecular weight is 275 g/mol. The Bertz CT molecular complexity index is 210. The van der Waals surface area contributed by atoms with Crippen LogP contribution in [-0.4, -0.2) is 24.0 Å². The second-order valence-corrected chi connectivity index (χ2v) is 6.65. The molecule has 1 N–H and O–H groups in total. The number of carbonyl (C=O) groups is 1. The molecule has 4 heteroatoms. The molecule has 100 valence electrons. The maximum atomic E-state index is 10.9. The highest BCUT2D eigenvalue weighted by Gasteiger charge is 2.05. The van der Waals surface area contributed by atoms with E-state index >= 15 is 0 Å². The Balaban J connectivity index is 3.36. The number of nitrogens with one attached hydrogen (secondary N) is 1. The highest BCUT2D eigenvalue weighted by Crippen LogP contribution is 2.27. The average Bonchev–Trinajstić information content (AvgIpc) is 2.36.